The highest BCUT2D eigenvalue weighted by Crippen LogP contribution is 2.43. The Bertz CT molecular complexity index is 623. The molecule has 0 N–H and O–H groups in total. The van der Waals surface area contributed by atoms with Gasteiger partial charge in [-0.1, -0.05) is 40.9 Å². The van der Waals surface area contributed by atoms with E-state index < -0.39 is 0 Å². The van der Waals surface area contributed by atoms with E-state index >= 15 is 0 Å². The Morgan fingerprint density at radius 1 is 0.889 bits per heavy atom. The monoisotopic (exact) mass is 297 g/mol. The van der Waals surface area contributed by atoms with Crippen molar-refractivity contribution in [1.29, 1.82) is 0 Å². The van der Waals surface area contributed by atoms with Crippen LogP contribution in [0, 0.1) is 6.61 Å². The minimum absolute atomic E-state index is 0.586. The molecule has 1 aliphatic rings. The van der Waals surface area contributed by atoms with E-state index in [0.29, 0.717) is 15.1 Å². The maximum atomic E-state index is 6.22. The largest absolute Gasteiger partial charge is 0.485 e. The first-order valence-electron chi connectivity index (χ1n) is 5.41. The van der Waals surface area contributed by atoms with Gasteiger partial charge in [0.1, 0.15) is 12.4 Å². The molecule has 3 rings (SSSR count). The van der Waals surface area contributed by atoms with Crippen LogP contribution in [0.1, 0.15) is 5.56 Å². The molecule has 1 radical (unpaired) electrons. The van der Waals surface area contributed by atoms with E-state index in [1.165, 1.54) is 0 Å². The van der Waals surface area contributed by atoms with Crippen LogP contribution in [-0.4, -0.2) is 0 Å². The smallest absolute Gasteiger partial charge is 0.140 e. The van der Waals surface area contributed by atoms with Crippen LogP contribution < -0.4 is 4.74 Å². The Kier molecular flexibility index (Phi) is 3.14. The van der Waals surface area contributed by atoms with Gasteiger partial charge >= 0.3 is 0 Å². The van der Waals surface area contributed by atoms with Gasteiger partial charge in [-0.15, -0.1) is 0 Å². The summed E-state index contributed by atoms with van der Waals surface area (Å²) >= 11 is 18.3. The quantitative estimate of drug-likeness (QED) is 0.684. The Hall–Kier alpha value is -0.890. The van der Waals surface area contributed by atoms with Gasteiger partial charge in [0.2, 0.25) is 0 Å². The van der Waals surface area contributed by atoms with Crippen LogP contribution in [-0.2, 0) is 6.42 Å². The number of benzene rings is 2. The minimum Gasteiger partial charge on any atom is -0.485 e. The van der Waals surface area contributed by atoms with Crippen LogP contribution in [0.2, 0.25) is 15.1 Å². The fraction of sp³-hybridized carbons (Fsp3) is 0.0714. The second-order valence-electron chi connectivity index (χ2n) is 4.05. The lowest BCUT2D eigenvalue weighted by atomic mass is 10.0. The molecule has 0 fully saturated rings. The Balaban J connectivity index is 2.23. The molecular formula is C14H8Cl3O. The van der Waals surface area contributed by atoms with E-state index in [9.17, 15) is 0 Å². The highest BCUT2D eigenvalue weighted by atomic mass is 35.5. The first-order valence-corrected chi connectivity index (χ1v) is 6.55. The van der Waals surface area contributed by atoms with Crippen molar-refractivity contribution in [3.63, 3.8) is 0 Å². The van der Waals surface area contributed by atoms with Crippen LogP contribution in [0.15, 0.2) is 30.3 Å². The van der Waals surface area contributed by atoms with Gasteiger partial charge in [-0.3, -0.25) is 0 Å². The Morgan fingerprint density at radius 3 is 2.50 bits per heavy atom. The molecule has 0 saturated heterocycles. The van der Waals surface area contributed by atoms with Crippen molar-refractivity contribution < 1.29 is 4.74 Å². The molecule has 0 aliphatic carbocycles. The normalized spacial score (nSPS) is 13.3. The molecule has 91 valence electrons. The molecule has 0 aromatic heterocycles. The van der Waals surface area contributed by atoms with E-state index in [1.54, 1.807) is 18.7 Å². The SMILES string of the molecule is Clc1ccc(-c2cc(Cl)cc3c2O[CH]C3)c(Cl)c1. The van der Waals surface area contributed by atoms with Crippen molar-refractivity contribution in [2.24, 2.45) is 0 Å². The van der Waals surface area contributed by atoms with Crippen molar-refractivity contribution in [2.45, 2.75) is 6.42 Å². The van der Waals surface area contributed by atoms with Gasteiger partial charge in [-0.05, 0) is 24.3 Å². The zero-order chi connectivity index (χ0) is 12.7. The number of hydrogen-bond acceptors (Lipinski definition) is 1. The molecular weight excluding hydrogens is 291 g/mol. The van der Waals surface area contributed by atoms with Crippen molar-refractivity contribution in [3.05, 3.63) is 57.6 Å². The summed E-state index contributed by atoms with van der Waals surface area (Å²) in [5.74, 6) is 0.823. The summed E-state index contributed by atoms with van der Waals surface area (Å²) in [6.45, 7) is 1.76. The number of rotatable bonds is 1. The van der Waals surface area contributed by atoms with E-state index in [0.717, 1.165) is 28.9 Å². The number of hydrogen-bond donors (Lipinski definition) is 0. The van der Waals surface area contributed by atoms with Crippen molar-refractivity contribution in [3.8, 4) is 16.9 Å². The number of halogens is 3. The standard InChI is InChI=1S/C14H8Cl3O/c15-9-1-2-11(13(17)7-9)12-6-10(16)5-8-3-4-18-14(8)12/h1-2,4-7H,3H2. The Labute approximate surface area is 120 Å². The van der Waals surface area contributed by atoms with Crippen molar-refractivity contribution in [1.82, 2.24) is 0 Å². The first-order chi connectivity index (χ1) is 8.65. The summed E-state index contributed by atoms with van der Waals surface area (Å²) in [4.78, 5) is 0. The van der Waals surface area contributed by atoms with Gasteiger partial charge in [0, 0.05) is 33.2 Å². The zero-order valence-electron chi connectivity index (χ0n) is 9.21. The molecule has 0 saturated carbocycles. The number of fused-ring (bicyclic) bond motifs is 1. The molecule has 4 heteroatoms. The van der Waals surface area contributed by atoms with Gasteiger partial charge in [0.05, 0.1) is 5.02 Å². The second kappa shape index (κ2) is 4.65. The summed E-state index contributed by atoms with van der Waals surface area (Å²) in [5, 5.41) is 1.87. The zero-order valence-corrected chi connectivity index (χ0v) is 11.5. The molecule has 0 spiro atoms. The van der Waals surface area contributed by atoms with Crippen LogP contribution in [0.25, 0.3) is 11.1 Å². The van der Waals surface area contributed by atoms with E-state index in [4.69, 9.17) is 39.5 Å². The molecule has 0 amide bonds. The van der Waals surface area contributed by atoms with Crippen molar-refractivity contribution >= 4 is 34.8 Å². The summed E-state index contributed by atoms with van der Waals surface area (Å²) < 4.78 is 5.55. The van der Waals surface area contributed by atoms with Crippen LogP contribution in [0.3, 0.4) is 0 Å². The lowest BCUT2D eigenvalue weighted by molar-refractivity contribution is 0.436. The fourth-order valence-electron chi connectivity index (χ4n) is 2.06. The van der Waals surface area contributed by atoms with Gasteiger partial charge in [0.15, 0.2) is 0 Å². The molecule has 0 atom stereocenters. The predicted octanol–water partition coefficient (Wildman–Crippen LogP) is 5.41. The average molecular weight is 299 g/mol. The summed E-state index contributed by atoms with van der Waals surface area (Å²) in [5.41, 5.74) is 2.84. The molecule has 2 aromatic carbocycles. The first kappa shape index (κ1) is 12.2. The summed E-state index contributed by atoms with van der Waals surface area (Å²) in [7, 11) is 0. The third-order valence-electron chi connectivity index (χ3n) is 2.86. The number of ether oxygens (including phenoxy) is 1. The highest BCUT2D eigenvalue weighted by molar-refractivity contribution is 6.36. The van der Waals surface area contributed by atoms with Gasteiger partial charge in [0.25, 0.3) is 0 Å². The molecule has 0 unspecified atom stereocenters. The third kappa shape index (κ3) is 2.07. The van der Waals surface area contributed by atoms with E-state index in [2.05, 4.69) is 0 Å². The Morgan fingerprint density at radius 2 is 1.72 bits per heavy atom. The maximum absolute atomic E-state index is 6.22. The summed E-state index contributed by atoms with van der Waals surface area (Å²) in [6.07, 6.45) is 0.758. The van der Waals surface area contributed by atoms with Gasteiger partial charge < -0.3 is 4.74 Å². The van der Waals surface area contributed by atoms with Crippen LogP contribution in [0.4, 0.5) is 0 Å². The lowest BCUT2D eigenvalue weighted by Gasteiger charge is -2.10. The average Bonchev–Trinajstić information content (AvgIpc) is 2.76. The van der Waals surface area contributed by atoms with Gasteiger partial charge in [-0.25, -0.2) is 0 Å². The fourth-order valence-corrected chi connectivity index (χ4v) is 2.81. The lowest BCUT2D eigenvalue weighted by Crippen LogP contribution is -1.87. The molecule has 1 aliphatic heterocycles. The maximum Gasteiger partial charge on any atom is 0.140 e. The molecule has 0 bridgehead atoms. The van der Waals surface area contributed by atoms with Crippen molar-refractivity contribution in [2.75, 3.05) is 0 Å². The highest BCUT2D eigenvalue weighted by Gasteiger charge is 2.20. The topological polar surface area (TPSA) is 9.23 Å². The minimum atomic E-state index is 0.586. The summed E-state index contributed by atoms with van der Waals surface area (Å²) in [6, 6.07) is 9.15. The molecule has 2 aromatic rings. The predicted molar refractivity (Wildman–Crippen MR) is 75.5 cm³/mol. The van der Waals surface area contributed by atoms with Crippen LogP contribution in [0.5, 0.6) is 5.75 Å². The molecule has 18 heavy (non-hydrogen) atoms. The van der Waals surface area contributed by atoms with E-state index in [-0.39, 0.29) is 0 Å². The third-order valence-corrected chi connectivity index (χ3v) is 3.62. The van der Waals surface area contributed by atoms with E-state index in [1.807, 2.05) is 18.2 Å². The second-order valence-corrected chi connectivity index (χ2v) is 5.33. The van der Waals surface area contributed by atoms with Gasteiger partial charge in [-0.2, -0.15) is 0 Å². The van der Waals surface area contributed by atoms with Crippen LogP contribution >= 0.6 is 34.8 Å². The molecule has 1 heterocycles. The molecule has 1 nitrogen and oxygen atoms in total.